The zero-order valence-corrected chi connectivity index (χ0v) is 29.3. The number of halogens is 2. The van der Waals surface area contributed by atoms with Crippen molar-refractivity contribution in [2.45, 2.75) is 83.8 Å². The van der Waals surface area contributed by atoms with E-state index in [1.165, 1.54) is 22.4 Å². The first kappa shape index (κ1) is 32.7. The maximum Gasteiger partial charge on any atom is 0.314 e. The molecule has 0 bridgehead atoms. The van der Waals surface area contributed by atoms with Crippen LogP contribution in [0.15, 0.2) is 34.9 Å². The molecule has 4 heterocycles. The fourth-order valence-electron chi connectivity index (χ4n) is 8.19. The third-order valence-electron chi connectivity index (χ3n) is 10.8. The molecule has 0 saturated carbocycles. The highest BCUT2D eigenvalue weighted by atomic mass is 79.9. The van der Waals surface area contributed by atoms with Crippen molar-refractivity contribution in [2.75, 3.05) is 45.8 Å². The van der Waals surface area contributed by atoms with Crippen molar-refractivity contribution >= 4 is 39.5 Å². The molecule has 1 aromatic carbocycles. The maximum atomic E-state index is 13.7. The Morgan fingerprint density at radius 2 is 1.67 bits per heavy atom. The highest BCUT2D eigenvalue weighted by Gasteiger charge is 2.41. The number of piperazine rings is 1. The van der Waals surface area contributed by atoms with Crippen LogP contribution in [0.5, 0.6) is 0 Å². The van der Waals surface area contributed by atoms with E-state index in [1.54, 1.807) is 4.90 Å². The number of aromatic nitrogens is 1. The molecule has 2 atom stereocenters. The zero-order chi connectivity index (χ0) is 31.9. The Hall–Kier alpha value is -2.20. The minimum absolute atomic E-state index is 0.0145. The number of likely N-dealkylation sites (tertiary alicyclic amines) is 2. The van der Waals surface area contributed by atoms with Gasteiger partial charge in [0.25, 0.3) is 0 Å². The molecule has 2 aromatic rings. The van der Waals surface area contributed by atoms with Crippen molar-refractivity contribution in [3.8, 4) is 0 Å². The first-order chi connectivity index (χ1) is 21.5. The molecule has 1 aliphatic carbocycles. The highest BCUT2D eigenvalue weighted by molar-refractivity contribution is 9.10. The molecule has 1 unspecified atom stereocenters. The molecule has 6 rings (SSSR count). The second-order valence-electron chi connectivity index (χ2n) is 14.6. The monoisotopic (exact) mass is 698 g/mol. The molecule has 4 aliphatic rings. The van der Waals surface area contributed by atoms with E-state index in [2.05, 4.69) is 69.6 Å². The van der Waals surface area contributed by atoms with Crippen LogP contribution in [-0.2, 0) is 17.6 Å². The van der Waals surface area contributed by atoms with Gasteiger partial charge in [0.05, 0.1) is 11.7 Å². The average molecular weight is 700 g/mol. The van der Waals surface area contributed by atoms with Crippen LogP contribution in [0.3, 0.4) is 0 Å². The van der Waals surface area contributed by atoms with Crippen LogP contribution in [0.1, 0.15) is 81.3 Å². The Bertz CT molecular complexity index is 1350. The molecule has 3 aliphatic heterocycles. The van der Waals surface area contributed by atoms with Crippen LogP contribution in [0.2, 0.25) is 5.02 Å². The Morgan fingerprint density at radius 3 is 2.36 bits per heavy atom. The number of nitrogens with zero attached hydrogens (tertiary/aromatic N) is 5. The van der Waals surface area contributed by atoms with E-state index in [1.807, 2.05) is 12.3 Å². The lowest BCUT2D eigenvalue weighted by atomic mass is 9.82. The number of hydrogen-bond acceptors (Lipinski definition) is 5. The standard InChI is InChI=1S/C35H48BrClN6O2/c1-35(2,3)30-22-42(16-17-43(30)31(44)18-23-8-12-41(13-9-23)34(38)45)28-10-14-40(15-11-28)33-29-7-6-27(37)20-24(29)4-5-25-19-26(36)21-39-32(25)33/h6-7,19-21,23,28,30,33H,4-5,8-18,22H2,1-3H3,(H2,38,45)/t30-,33?/m0/s1. The van der Waals surface area contributed by atoms with E-state index >= 15 is 0 Å². The van der Waals surface area contributed by atoms with E-state index in [4.69, 9.17) is 22.3 Å². The van der Waals surface area contributed by atoms with E-state index in [-0.39, 0.29) is 29.4 Å². The summed E-state index contributed by atoms with van der Waals surface area (Å²) < 4.78 is 1.03. The SMILES string of the molecule is CC(C)(C)[C@@H]1CN(C2CCN(C3c4ccc(Cl)cc4CCc4cc(Br)cnc43)CC2)CCN1C(=O)CC1CCN(C(N)=O)CC1. The summed E-state index contributed by atoms with van der Waals surface area (Å²) in [7, 11) is 0. The van der Waals surface area contributed by atoms with Gasteiger partial charge in [-0.25, -0.2) is 4.79 Å². The summed E-state index contributed by atoms with van der Waals surface area (Å²) in [4.78, 5) is 39.4. The lowest BCUT2D eigenvalue weighted by molar-refractivity contribution is -0.142. The number of carbonyl (C=O) groups excluding carboxylic acids is 2. The van der Waals surface area contributed by atoms with Crippen LogP contribution in [0.25, 0.3) is 0 Å². The van der Waals surface area contributed by atoms with Gasteiger partial charge in [-0.15, -0.1) is 0 Å². The molecule has 2 N–H and O–H groups in total. The Morgan fingerprint density at radius 1 is 0.956 bits per heavy atom. The number of pyridine rings is 1. The van der Waals surface area contributed by atoms with Gasteiger partial charge in [0.1, 0.15) is 0 Å². The number of benzene rings is 1. The molecular formula is C35H48BrClN6O2. The number of primary amides is 1. The van der Waals surface area contributed by atoms with Crippen LogP contribution in [0.4, 0.5) is 4.79 Å². The van der Waals surface area contributed by atoms with Gasteiger partial charge in [0.2, 0.25) is 5.91 Å². The zero-order valence-electron chi connectivity index (χ0n) is 27.0. The molecule has 3 fully saturated rings. The average Bonchev–Trinajstić information content (AvgIpc) is 3.17. The van der Waals surface area contributed by atoms with Gasteiger partial charge in [-0.05, 0) is 101 Å². The summed E-state index contributed by atoms with van der Waals surface area (Å²) in [5, 5.41) is 0.797. The number of fused-ring (bicyclic) bond motifs is 2. The summed E-state index contributed by atoms with van der Waals surface area (Å²) in [6, 6.07) is 9.11. The van der Waals surface area contributed by atoms with Gasteiger partial charge >= 0.3 is 6.03 Å². The molecule has 10 heteroatoms. The van der Waals surface area contributed by atoms with Gasteiger partial charge in [0, 0.05) is 80.0 Å². The highest BCUT2D eigenvalue weighted by Crippen LogP contribution is 2.40. The third-order valence-corrected chi connectivity index (χ3v) is 11.5. The summed E-state index contributed by atoms with van der Waals surface area (Å²) >= 11 is 10.1. The molecule has 3 saturated heterocycles. The molecule has 8 nitrogen and oxygen atoms in total. The van der Waals surface area contributed by atoms with Crippen molar-refractivity contribution in [1.82, 2.24) is 24.6 Å². The van der Waals surface area contributed by atoms with Crippen LogP contribution in [0, 0.1) is 11.3 Å². The fraction of sp³-hybridized carbons (Fsp3) is 0.629. The van der Waals surface area contributed by atoms with Crippen molar-refractivity contribution in [3.63, 3.8) is 0 Å². The molecule has 0 radical (unpaired) electrons. The van der Waals surface area contributed by atoms with E-state index in [9.17, 15) is 9.59 Å². The fourth-order valence-corrected chi connectivity index (χ4v) is 8.76. The first-order valence-electron chi connectivity index (χ1n) is 16.7. The van der Waals surface area contributed by atoms with E-state index < -0.39 is 0 Å². The number of piperidine rings is 2. The number of amides is 3. The topological polar surface area (TPSA) is 86.0 Å². The van der Waals surface area contributed by atoms with Gasteiger partial charge < -0.3 is 15.5 Å². The van der Waals surface area contributed by atoms with Gasteiger partial charge in [-0.1, -0.05) is 38.4 Å². The Kier molecular flexibility index (Phi) is 9.82. The third kappa shape index (κ3) is 7.21. The predicted octanol–water partition coefficient (Wildman–Crippen LogP) is 5.89. The van der Waals surface area contributed by atoms with Crippen molar-refractivity contribution in [3.05, 3.63) is 62.3 Å². The van der Waals surface area contributed by atoms with Crippen molar-refractivity contribution in [1.29, 1.82) is 0 Å². The van der Waals surface area contributed by atoms with E-state index in [0.717, 1.165) is 80.7 Å². The van der Waals surface area contributed by atoms with Crippen molar-refractivity contribution in [2.24, 2.45) is 17.1 Å². The van der Waals surface area contributed by atoms with Gasteiger partial charge in [-0.3, -0.25) is 19.6 Å². The number of aryl methyl sites for hydroxylation is 2. The minimum Gasteiger partial charge on any atom is -0.351 e. The first-order valence-corrected chi connectivity index (χ1v) is 17.9. The van der Waals surface area contributed by atoms with Crippen LogP contribution in [-0.4, -0.2) is 94.4 Å². The quantitative estimate of drug-likeness (QED) is 0.431. The summed E-state index contributed by atoms with van der Waals surface area (Å²) in [5.74, 6) is 0.591. The minimum atomic E-state index is -0.353. The number of nitrogens with two attached hydrogens (primary N) is 1. The predicted molar refractivity (Wildman–Crippen MR) is 182 cm³/mol. The van der Waals surface area contributed by atoms with Gasteiger partial charge in [-0.2, -0.15) is 0 Å². The lowest BCUT2D eigenvalue weighted by Crippen LogP contribution is -2.62. The molecular weight excluding hydrogens is 652 g/mol. The maximum absolute atomic E-state index is 13.7. The van der Waals surface area contributed by atoms with Crippen LogP contribution >= 0.6 is 27.5 Å². The number of urea groups is 1. The number of hydrogen-bond donors (Lipinski definition) is 1. The molecule has 1 aromatic heterocycles. The lowest BCUT2D eigenvalue weighted by Gasteiger charge is -2.51. The number of carbonyl (C=O) groups is 2. The van der Waals surface area contributed by atoms with Gasteiger partial charge in [0.15, 0.2) is 0 Å². The normalized spacial score (nSPS) is 24.2. The molecule has 45 heavy (non-hydrogen) atoms. The molecule has 244 valence electrons. The summed E-state index contributed by atoms with van der Waals surface area (Å²) in [6.45, 7) is 12.8. The Balaban J connectivity index is 1.12. The second-order valence-corrected chi connectivity index (χ2v) is 16.0. The van der Waals surface area contributed by atoms with E-state index in [0.29, 0.717) is 31.5 Å². The van der Waals surface area contributed by atoms with Crippen LogP contribution < -0.4 is 5.73 Å². The number of rotatable bonds is 4. The smallest absolute Gasteiger partial charge is 0.314 e. The Labute approximate surface area is 281 Å². The summed E-state index contributed by atoms with van der Waals surface area (Å²) in [6.07, 6.45) is 8.35. The second kappa shape index (κ2) is 13.5. The summed E-state index contributed by atoms with van der Waals surface area (Å²) in [5.41, 5.74) is 10.6. The molecule has 0 spiro atoms. The largest absolute Gasteiger partial charge is 0.351 e. The van der Waals surface area contributed by atoms with Crippen molar-refractivity contribution < 1.29 is 9.59 Å². The molecule has 3 amide bonds.